The quantitative estimate of drug-likeness (QED) is 0.564. The minimum Gasteiger partial charge on any atom is -0.303 e. The van der Waals surface area contributed by atoms with E-state index in [1.165, 1.54) is 32.2 Å². The van der Waals surface area contributed by atoms with Gasteiger partial charge in [-0.15, -0.1) is 0 Å². The largest absolute Gasteiger partial charge is 0.303 e. The van der Waals surface area contributed by atoms with E-state index in [2.05, 4.69) is 32.7 Å². The van der Waals surface area contributed by atoms with Gasteiger partial charge in [-0.2, -0.15) is 0 Å². The second kappa shape index (κ2) is 3.35. The molecule has 4 atom stereocenters. The van der Waals surface area contributed by atoms with Crippen LogP contribution >= 0.6 is 0 Å². The monoisotopic (exact) mass is 219 g/mol. The van der Waals surface area contributed by atoms with E-state index in [9.17, 15) is 0 Å². The Bertz CT molecular complexity index is 343. The summed E-state index contributed by atoms with van der Waals surface area (Å²) in [5.41, 5.74) is 4.08. The molecule has 1 spiro atoms. The van der Waals surface area contributed by atoms with Crippen LogP contribution in [0.5, 0.6) is 0 Å². The molecule has 16 heavy (non-hydrogen) atoms. The molecule has 90 valence electrons. The van der Waals surface area contributed by atoms with Crippen molar-refractivity contribution in [1.29, 1.82) is 0 Å². The molecule has 1 saturated carbocycles. The van der Waals surface area contributed by atoms with Gasteiger partial charge in [-0.05, 0) is 70.4 Å². The van der Waals surface area contributed by atoms with Crippen molar-refractivity contribution < 1.29 is 0 Å². The first-order valence-electron chi connectivity index (χ1n) is 6.94. The van der Waals surface area contributed by atoms with Crippen molar-refractivity contribution in [3.8, 4) is 0 Å². The summed E-state index contributed by atoms with van der Waals surface area (Å²) in [4.78, 5) is 2.62. The van der Waals surface area contributed by atoms with Gasteiger partial charge >= 0.3 is 0 Å². The maximum absolute atomic E-state index is 2.62. The molecule has 1 heterocycles. The van der Waals surface area contributed by atoms with E-state index in [1.807, 2.05) is 0 Å². The first-order chi connectivity index (χ1) is 7.56. The molecule has 1 saturated heterocycles. The van der Waals surface area contributed by atoms with Crippen LogP contribution in [0, 0.1) is 17.3 Å². The fraction of sp³-hybridized carbons (Fsp3) is 0.867. The summed E-state index contributed by atoms with van der Waals surface area (Å²) < 4.78 is 0. The fourth-order valence-electron chi connectivity index (χ4n) is 4.72. The molecule has 0 bridgehead atoms. The first-order valence-corrected chi connectivity index (χ1v) is 6.94. The average molecular weight is 219 g/mol. The van der Waals surface area contributed by atoms with Crippen LogP contribution in [0.25, 0.3) is 0 Å². The van der Waals surface area contributed by atoms with Crippen LogP contribution in [0.4, 0.5) is 0 Å². The van der Waals surface area contributed by atoms with Crippen LogP contribution in [-0.4, -0.2) is 24.5 Å². The van der Waals surface area contributed by atoms with E-state index in [-0.39, 0.29) is 0 Å². The average Bonchev–Trinajstić information content (AvgIpc) is 2.38. The summed E-state index contributed by atoms with van der Waals surface area (Å²) >= 11 is 0. The minimum absolute atomic E-state index is 0.610. The summed E-state index contributed by atoms with van der Waals surface area (Å²) in [5, 5.41) is 0. The van der Waals surface area contributed by atoms with Gasteiger partial charge in [-0.3, -0.25) is 0 Å². The Balaban J connectivity index is 1.95. The van der Waals surface area contributed by atoms with Crippen molar-refractivity contribution in [1.82, 2.24) is 4.90 Å². The predicted octanol–water partition coefficient (Wildman–Crippen LogP) is 3.46. The summed E-state index contributed by atoms with van der Waals surface area (Å²) in [5.74, 6) is 1.82. The second-order valence-corrected chi connectivity index (χ2v) is 6.55. The van der Waals surface area contributed by atoms with E-state index in [4.69, 9.17) is 0 Å². The van der Waals surface area contributed by atoms with Crippen LogP contribution in [0.15, 0.2) is 11.1 Å². The van der Waals surface area contributed by atoms with E-state index in [1.54, 1.807) is 11.1 Å². The van der Waals surface area contributed by atoms with Gasteiger partial charge < -0.3 is 4.90 Å². The highest BCUT2D eigenvalue weighted by molar-refractivity contribution is 5.31. The number of rotatable bonds is 0. The predicted molar refractivity (Wildman–Crippen MR) is 68.3 cm³/mol. The summed E-state index contributed by atoms with van der Waals surface area (Å²) in [6.45, 7) is 8.55. The Morgan fingerprint density at radius 2 is 2.00 bits per heavy atom. The Morgan fingerprint density at radius 1 is 1.25 bits per heavy atom. The van der Waals surface area contributed by atoms with Gasteiger partial charge in [0.05, 0.1) is 0 Å². The number of piperidine rings is 1. The highest BCUT2D eigenvalue weighted by Crippen LogP contribution is 2.60. The maximum Gasteiger partial charge on any atom is 0.0129 e. The number of allylic oxidation sites excluding steroid dienone is 2. The molecule has 0 amide bonds. The molecule has 3 aliphatic rings. The molecular formula is C15H25N. The number of likely N-dealkylation sites (tertiary alicyclic amines) is 1. The van der Waals surface area contributed by atoms with Gasteiger partial charge in [0, 0.05) is 6.04 Å². The molecule has 1 heteroatoms. The van der Waals surface area contributed by atoms with Crippen LogP contribution in [0.1, 0.15) is 46.5 Å². The second-order valence-electron chi connectivity index (χ2n) is 6.55. The molecule has 2 aliphatic carbocycles. The molecule has 0 aromatic heterocycles. The Morgan fingerprint density at radius 3 is 2.50 bits per heavy atom. The number of hydrogen-bond donors (Lipinski definition) is 0. The van der Waals surface area contributed by atoms with Gasteiger partial charge in [-0.1, -0.05) is 18.1 Å². The van der Waals surface area contributed by atoms with Gasteiger partial charge in [-0.25, -0.2) is 0 Å². The smallest absolute Gasteiger partial charge is 0.0129 e. The van der Waals surface area contributed by atoms with Crippen molar-refractivity contribution in [3.63, 3.8) is 0 Å². The zero-order valence-electron chi connectivity index (χ0n) is 11.2. The lowest BCUT2D eigenvalue weighted by atomic mass is 9.55. The van der Waals surface area contributed by atoms with Crippen LogP contribution in [0.2, 0.25) is 0 Å². The van der Waals surface area contributed by atoms with Crippen LogP contribution < -0.4 is 0 Å². The summed E-state index contributed by atoms with van der Waals surface area (Å²) in [6, 6.07) is 0.904. The van der Waals surface area contributed by atoms with Crippen molar-refractivity contribution in [2.75, 3.05) is 13.6 Å². The lowest BCUT2D eigenvalue weighted by Crippen LogP contribution is -2.58. The first kappa shape index (κ1) is 10.8. The number of fused-ring (bicyclic) bond motifs is 2. The zero-order chi connectivity index (χ0) is 11.5. The normalized spacial score (nSPS) is 48.4. The minimum atomic E-state index is 0.610. The van der Waals surface area contributed by atoms with E-state index in [0.29, 0.717) is 5.41 Å². The molecule has 1 aliphatic heterocycles. The van der Waals surface area contributed by atoms with Gasteiger partial charge in [0.1, 0.15) is 0 Å². The molecule has 4 unspecified atom stereocenters. The third-order valence-electron chi connectivity index (χ3n) is 6.17. The van der Waals surface area contributed by atoms with Gasteiger partial charge in [0.25, 0.3) is 0 Å². The SMILES string of the molecule is CC1=C(C)C2(CCN(C)C3CCC32)CC1C. The number of nitrogens with zero attached hydrogens (tertiary/aromatic N) is 1. The van der Waals surface area contributed by atoms with E-state index >= 15 is 0 Å². The Labute approximate surface area is 99.9 Å². The lowest BCUT2D eigenvalue weighted by molar-refractivity contribution is -0.0509. The number of hydrogen-bond acceptors (Lipinski definition) is 1. The molecule has 3 rings (SSSR count). The molecular weight excluding hydrogens is 194 g/mol. The zero-order valence-corrected chi connectivity index (χ0v) is 11.2. The molecule has 1 nitrogen and oxygen atoms in total. The standard InChI is InChI=1S/C15H25N/c1-10-9-15(12(3)11(10)2)7-8-16(4)14-6-5-13(14)15/h10,13-14H,5-9H2,1-4H3. The fourth-order valence-corrected chi connectivity index (χ4v) is 4.72. The van der Waals surface area contributed by atoms with Crippen molar-refractivity contribution >= 4 is 0 Å². The molecule has 2 fully saturated rings. The highest BCUT2D eigenvalue weighted by Gasteiger charge is 2.55. The van der Waals surface area contributed by atoms with Crippen molar-refractivity contribution in [3.05, 3.63) is 11.1 Å². The van der Waals surface area contributed by atoms with Crippen LogP contribution in [0.3, 0.4) is 0 Å². The van der Waals surface area contributed by atoms with Gasteiger partial charge in [0.2, 0.25) is 0 Å². The van der Waals surface area contributed by atoms with Crippen molar-refractivity contribution in [2.45, 2.75) is 52.5 Å². The third-order valence-corrected chi connectivity index (χ3v) is 6.17. The summed E-state index contributed by atoms with van der Waals surface area (Å²) in [6.07, 6.45) is 5.79. The van der Waals surface area contributed by atoms with E-state index in [0.717, 1.165) is 17.9 Å². The molecule has 0 radical (unpaired) electrons. The van der Waals surface area contributed by atoms with Crippen molar-refractivity contribution in [2.24, 2.45) is 17.3 Å². The van der Waals surface area contributed by atoms with Gasteiger partial charge in [0.15, 0.2) is 0 Å². The molecule has 0 N–H and O–H groups in total. The maximum atomic E-state index is 2.62. The third kappa shape index (κ3) is 1.16. The highest BCUT2D eigenvalue weighted by atomic mass is 15.2. The Hall–Kier alpha value is -0.300. The van der Waals surface area contributed by atoms with Crippen LogP contribution in [-0.2, 0) is 0 Å². The molecule has 0 aromatic carbocycles. The summed E-state index contributed by atoms with van der Waals surface area (Å²) in [7, 11) is 2.33. The Kier molecular flexibility index (Phi) is 2.27. The molecule has 0 aromatic rings. The lowest BCUT2D eigenvalue weighted by Gasteiger charge is -2.57. The topological polar surface area (TPSA) is 3.24 Å². The van der Waals surface area contributed by atoms with E-state index < -0.39 is 0 Å².